The van der Waals surface area contributed by atoms with Gasteiger partial charge in [0.15, 0.2) is 46.0 Å². The first-order chi connectivity index (χ1) is 46.7. The molecule has 97 heavy (non-hydrogen) atoms. The minimum atomic E-state index is -0.979. The Hall–Kier alpha value is -9.86. The lowest BCUT2D eigenvalue weighted by Gasteiger charge is -2.23. The topological polar surface area (TPSA) is 266 Å². The van der Waals surface area contributed by atoms with Gasteiger partial charge in [-0.3, -0.25) is 19.2 Å². The third kappa shape index (κ3) is 19.4. The maximum Gasteiger partial charge on any atom is 0.309 e. The number of carboxylic acids is 1. The molecule has 9 rings (SSSR count). The number of hydrogen-bond acceptors (Lipinski definition) is 17. The van der Waals surface area contributed by atoms with Crippen molar-refractivity contribution in [2.45, 2.75) is 49.4 Å². The normalized spacial score (nSPS) is 12.8. The van der Waals surface area contributed by atoms with Gasteiger partial charge in [0.2, 0.25) is 5.91 Å². The molecule has 4 N–H and O–H groups in total. The number of benzene rings is 8. The van der Waals surface area contributed by atoms with Crippen molar-refractivity contribution < 1.29 is 71.7 Å². The van der Waals surface area contributed by atoms with Gasteiger partial charge in [0.1, 0.15) is 11.8 Å². The summed E-state index contributed by atoms with van der Waals surface area (Å²) < 4.78 is 52.8. The van der Waals surface area contributed by atoms with E-state index in [0.29, 0.717) is 119 Å². The number of nitrogens with zero attached hydrogens (tertiary/aromatic N) is 2. The summed E-state index contributed by atoms with van der Waals surface area (Å²) in [6.45, 7) is 0.813. The highest BCUT2D eigenvalue weighted by Crippen LogP contribution is 2.44. The van der Waals surface area contributed by atoms with Crippen LogP contribution in [0.5, 0.6) is 46.0 Å². The summed E-state index contributed by atoms with van der Waals surface area (Å²) in [5, 5.41) is 33.8. The zero-order valence-corrected chi connectivity index (χ0v) is 58.1. The van der Waals surface area contributed by atoms with E-state index in [9.17, 15) is 29.7 Å². The number of fused-ring (bicyclic) bond motifs is 1. The Bertz CT molecular complexity index is 4160. The van der Waals surface area contributed by atoms with Crippen LogP contribution < -0.4 is 48.9 Å². The number of carbonyl (C=O) groups is 4. The Kier molecular flexibility index (Phi) is 29.4. The van der Waals surface area contributed by atoms with Gasteiger partial charge in [0, 0.05) is 67.3 Å². The van der Waals surface area contributed by atoms with E-state index in [2.05, 4.69) is 17.5 Å². The van der Waals surface area contributed by atoms with Crippen molar-refractivity contribution in [2.24, 2.45) is 5.73 Å². The Morgan fingerprint density at radius 1 is 0.485 bits per heavy atom. The highest BCUT2D eigenvalue weighted by Gasteiger charge is 2.30. The van der Waals surface area contributed by atoms with E-state index in [4.69, 9.17) is 105 Å². The highest BCUT2D eigenvalue weighted by atomic mass is 35.5. The van der Waals surface area contributed by atoms with Gasteiger partial charge in [-0.25, -0.2) is 0 Å². The van der Waals surface area contributed by atoms with E-state index >= 15 is 0 Å². The predicted octanol–water partition coefficient (Wildman–Crippen LogP) is 13.7. The fraction of sp³-hybridized carbons (Fsp3) is 0.270. The average Bonchev–Trinajstić information content (AvgIpc) is 1.70. The first-order valence-electron chi connectivity index (χ1n) is 29.8. The molecule has 4 unspecified atom stereocenters. The first-order valence-corrected chi connectivity index (χ1v) is 31.4. The van der Waals surface area contributed by atoms with Crippen LogP contribution in [0.4, 0.5) is 0 Å². The first kappa shape index (κ1) is 76.2. The number of para-hydroxylation sites is 4. The fourth-order valence-electron chi connectivity index (χ4n) is 11.2. The molecule has 508 valence electrons. The minimum absolute atomic E-state index is 0.0120. The number of halogens is 4. The minimum Gasteiger partial charge on any atom is -0.493 e. The summed E-state index contributed by atoms with van der Waals surface area (Å²) in [6, 6.07) is 47.5. The summed E-state index contributed by atoms with van der Waals surface area (Å²) >= 11 is 24.6. The Balaban J connectivity index is 0.000000204. The molecule has 8 aromatic carbocycles. The number of carboxylic acid groups (broad SMARTS) is 1. The van der Waals surface area contributed by atoms with E-state index in [-0.39, 0.29) is 43.0 Å². The van der Waals surface area contributed by atoms with Crippen LogP contribution in [0.1, 0.15) is 90.4 Å². The Morgan fingerprint density at radius 3 is 1.28 bits per heavy atom. The number of nitrogens with one attached hydrogen (secondary N) is 1. The molecule has 1 aliphatic heterocycles. The van der Waals surface area contributed by atoms with Crippen molar-refractivity contribution in [2.75, 3.05) is 84.2 Å². The molecule has 0 saturated heterocycles. The van der Waals surface area contributed by atoms with Crippen molar-refractivity contribution in [1.29, 1.82) is 10.5 Å². The van der Waals surface area contributed by atoms with Crippen LogP contribution in [0.2, 0.25) is 20.1 Å². The van der Waals surface area contributed by atoms with Gasteiger partial charge in [-0.1, -0.05) is 119 Å². The van der Waals surface area contributed by atoms with Gasteiger partial charge in [-0.15, -0.1) is 0 Å². The number of aliphatic carboxylic acids is 1. The zero-order chi connectivity index (χ0) is 70.9. The number of carbonyl (C=O) groups excluding carboxylic acids is 3. The van der Waals surface area contributed by atoms with Crippen LogP contribution in [0.25, 0.3) is 0 Å². The molecule has 0 saturated carbocycles. The van der Waals surface area contributed by atoms with Crippen molar-refractivity contribution >= 4 is 70.2 Å². The maximum absolute atomic E-state index is 12.0. The largest absolute Gasteiger partial charge is 0.493 e. The van der Waals surface area contributed by atoms with Crippen molar-refractivity contribution in [3.63, 3.8) is 0 Å². The predicted molar refractivity (Wildman–Crippen MR) is 371 cm³/mol. The molecule has 0 aliphatic carbocycles. The average molecular weight is 1400 g/mol. The van der Waals surface area contributed by atoms with Crippen molar-refractivity contribution in [1.82, 2.24) is 5.32 Å². The van der Waals surface area contributed by atoms with Gasteiger partial charge >= 0.3 is 17.9 Å². The molecule has 0 spiro atoms. The summed E-state index contributed by atoms with van der Waals surface area (Å²) in [5.74, 6) is 1.18. The van der Waals surface area contributed by atoms with Crippen LogP contribution in [-0.2, 0) is 54.3 Å². The smallest absolute Gasteiger partial charge is 0.309 e. The number of hydrogen-bond donors (Lipinski definition) is 3. The fourth-order valence-corrected chi connectivity index (χ4v) is 12.0. The molecule has 1 amide bonds. The van der Waals surface area contributed by atoms with Gasteiger partial charge < -0.3 is 63.5 Å². The quantitative estimate of drug-likeness (QED) is 0.0532. The monoisotopic (exact) mass is 1400 g/mol. The SMILES string of the molecule is COC(=O)Cc1ccc(Cl)cc1C(C#N)c1cccc(OC)c1OC.COC(=O)Cc1ccc(Cl)cc1C(CN)c1cccc(OC)c1OC.COc1cccc(C(C#N)c2cc(Cl)ccc2CC(=O)O)c1OC.COc1cccc(C2CNC(=O)Cc3ccc(Cl)cc32)c1OC. The molecule has 0 fully saturated rings. The number of amides is 1. The van der Waals surface area contributed by atoms with Crippen molar-refractivity contribution in [3.8, 4) is 58.1 Å². The Labute approximate surface area is 584 Å². The third-order valence-corrected chi connectivity index (χ3v) is 16.7. The lowest BCUT2D eigenvalue weighted by atomic mass is 9.86. The second-order valence-electron chi connectivity index (χ2n) is 21.2. The summed E-state index contributed by atoms with van der Waals surface area (Å²) in [7, 11) is 15.1. The number of methoxy groups -OCH3 is 10. The number of nitrogens with two attached hydrogens (primary N) is 1. The van der Waals surface area contributed by atoms with E-state index in [1.165, 1.54) is 42.7 Å². The van der Waals surface area contributed by atoms with E-state index in [0.717, 1.165) is 33.4 Å². The molecular weight excluding hydrogens is 1330 g/mol. The van der Waals surface area contributed by atoms with E-state index < -0.39 is 23.8 Å². The lowest BCUT2D eigenvalue weighted by molar-refractivity contribution is -0.140. The second kappa shape index (κ2) is 37.4. The second-order valence-corrected chi connectivity index (χ2v) is 23.0. The lowest BCUT2D eigenvalue weighted by Crippen LogP contribution is -2.26. The number of esters is 2. The van der Waals surface area contributed by atoms with E-state index in [1.807, 2.05) is 66.7 Å². The molecule has 1 aliphatic rings. The molecule has 0 radical (unpaired) electrons. The van der Waals surface area contributed by atoms with Crippen LogP contribution in [0.15, 0.2) is 146 Å². The van der Waals surface area contributed by atoms with Crippen LogP contribution in [0, 0.1) is 22.7 Å². The third-order valence-electron chi connectivity index (χ3n) is 15.7. The Morgan fingerprint density at radius 2 is 0.866 bits per heavy atom. The number of nitriles is 2. The summed E-state index contributed by atoms with van der Waals surface area (Å²) in [6.07, 6.45) is 0.353. The van der Waals surface area contributed by atoms with Gasteiger partial charge in [-0.2, -0.15) is 10.5 Å². The molecule has 0 bridgehead atoms. The molecule has 23 heteroatoms. The van der Waals surface area contributed by atoms with E-state index in [1.54, 1.807) is 107 Å². The van der Waals surface area contributed by atoms with Crippen LogP contribution in [0.3, 0.4) is 0 Å². The number of rotatable bonds is 22. The number of ether oxygens (including phenoxy) is 10. The van der Waals surface area contributed by atoms with Crippen LogP contribution >= 0.6 is 46.4 Å². The molecular formula is C74H74Cl4N4O15. The highest BCUT2D eigenvalue weighted by molar-refractivity contribution is 6.31. The zero-order valence-electron chi connectivity index (χ0n) is 55.1. The van der Waals surface area contributed by atoms with Crippen LogP contribution in [-0.4, -0.2) is 113 Å². The van der Waals surface area contributed by atoms with Gasteiger partial charge in [0.05, 0.1) is 109 Å². The molecule has 0 aromatic heterocycles. The van der Waals surface area contributed by atoms with Gasteiger partial charge in [-0.05, 0) is 117 Å². The molecule has 19 nitrogen and oxygen atoms in total. The van der Waals surface area contributed by atoms with Gasteiger partial charge in [0.25, 0.3) is 0 Å². The standard InChI is InChI=1S/C19H22ClNO4.C19H18ClNO4.C18H16ClNO4.C18H18ClNO3/c2*1-23-17-6-4-5-14(19(17)25-3)16(11-21)15-10-13(20)8-7-12(15)9-18(22)24-2;1-23-16-5-3-4-13(18(16)24-2)15(10-20)14-9-12(19)7-6-11(14)8-17(21)22;1-22-16-5-3-4-13(18(16)23-2)15-10-20-17(21)8-11-6-7-12(19)9-14(11)15/h4-8,10,16H,9,11,21H2,1-3H3;4-8,10,16H,9H2,1-3H3;3-7,9,15H,8H2,1-2H3,(H,21,22);3-7,9,15H,8,10H2,1-2H3,(H,20,21). The molecule has 1 heterocycles. The molecule has 8 aromatic rings. The summed E-state index contributed by atoms with van der Waals surface area (Å²) in [4.78, 5) is 46.6. The van der Waals surface area contributed by atoms with Crippen molar-refractivity contribution in [3.05, 3.63) is 232 Å². The summed E-state index contributed by atoms with van der Waals surface area (Å²) in [5.41, 5.74) is 15.2. The maximum atomic E-state index is 12.0. The molecule has 4 atom stereocenters.